The summed E-state index contributed by atoms with van der Waals surface area (Å²) in [6.45, 7) is 0.969. The van der Waals surface area contributed by atoms with E-state index in [1.807, 2.05) is 0 Å². The molecule has 0 aliphatic heterocycles. The number of aromatic amines is 1. The van der Waals surface area contributed by atoms with Crippen LogP contribution in [0.15, 0.2) is 35.1 Å². The quantitative estimate of drug-likeness (QED) is 0.786. The van der Waals surface area contributed by atoms with Crippen LogP contribution in [0, 0.1) is 6.92 Å². The summed E-state index contributed by atoms with van der Waals surface area (Å²) >= 11 is 0. The zero-order valence-electron chi connectivity index (χ0n) is 12.5. The molecule has 0 aliphatic rings. The van der Waals surface area contributed by atoms with Gasteiger partial charge in [-0.2, -0.15) is 13.2 Å². The van der Waals surface area contributed by atoms with Gasteiger partial charge >= 0.3 is 6.18 Å². The summed E-state index contributed by atoms with van der Waals surface area (Å²) < 4.78 is 37.6. The van der Waals surface area contributed by atoms with Crippen molar-refractivity contribution in [1.82, 2.24) is 15.3 Å². The van der Waals surface area contributed by atoms with Crippen molar-refractivity contribution < 1.29 is 23.1 Å². The molecule has 1 aromatic carbocycles. The monoisotopic (exact) mass is 341 g/mol. The molecule has 0 bridgehead atoms. The molecule has 2 rings (SSSR count). The van der Waals surface area contributed by atoms with Gasteiger partial charge in [0.25, 0.3) is 11.5 Å². The number of aliphatic hydroxyl groups excluding tert-OH is 1. The highest BCUT2D eigenvalue weighted by molar-refractivity contribution is 5.92. The standard InChI is InChI=1S/C15H14F3N3O3/c1-8-19-11(6-13(23)20-8)14(24)21-12(7-22)9-2-4-10(5-3-9)15(16,17)18/h2-6,12,22H,7H2,1H3,(H,21,24)(H,19,20,23)/t12-/m0/s1. The molecule has 1 atom stereocenters. The van der Waals surface area contributed by atoms with Gasteiger partial charge in [-0.15, -0.1) is 0 Å². The Balaban J connectivity index is 2.19. The summed E-state index contributed by atoms with van der Waals surface area (Å²) in [7, 11) is 0. The molecule has 128 valence electrons. The number of benzene rings is 1. The van der Waals surface area contributed by atoms with Crippen molar-refractivity contribution in [1.29, 1.82) is 0 Å². The zero-order valence-corrected chi connectivity index (χ0v) is 12.5. The number of halogens is 3. The maximum atomic E-state index is 12.5. The molecule has 9 heteroatoms. The molecule has 3 N–H and O–H groups in total. The number of aliphatic hydroxyl groups is 1. The molecule has 0 unspecified atom stereocenters. The maximum absolute atomic E-state index is 12.5. The summed E-state index contributed by atoms with van der Waals surface area (Å²) in [6.07, 6.45) is -4.47. The summed E-state index contributed by atoms with van der Waals surface area (Å²) in [5.74, 6) is -0.481. The topological polar surface area (TPSA) is 95.1 Å². The first kappa shape index (κ1) is 17.7. The summed E-state index contributed by atoms with van der Waals surface area (Å²) in [4.78, 5) is 29.7. The van der Waals surface area contributed by atoms with Crippen LogP contribution in [0.4, 0.5) is 13.2 Å². The summed E-state index contributed by atoms with van der Waals surface area (Å²) in [5.41, 5.74) is -1.20. The SMILES string of the molecule is Cc1nc(C(=O)N[C@@H](CO)c2ccc(C(F)(F)F)cc2)cc(=O)[nH]1. The molecule has 24 heavy (non-hydrogen) atoms. The fraction of sp³-hybridized carbons (Fsp3) is 0.267. The Morgan fingerprint density at radius 1 is 1.33 bits per heavy atom. The first-order chi connectivity index (χ1) is 11.2. The van der Waals surface area contributed by atoms with Gasteiger partial charge in [0.15, 0.2) is 0 Å². The van der Waals surface area contributed by atoms with E-state index >= 15 is 0 Å². The number of H-pyrrole nitrogens is 1. The lowest BCUT2D eigenvalue weighted by Crippen LogP contribution is -2.32. The number of alkyl halides is 3. The third-order valence-corrected chi connectivity index (χ3v) is 3.22. The van der Waals surface area contributed by atoms with Crippen molar-refractivity contribution in [3.63, 3.8) is 0 Å². The highest BCUT2D eigenvalue weighted by Gasteiger charge is 2.30. The van der Waals surface area contributed by atoms with Crippen LogP contribution in [-0.4, -0.2) is 27.6 Å². The van der Waals surface area contributed by atoms with Crippen LogP contribution in [0.1, 0.15) is 33.5 Å². The van der Waals surface area contributed by atoms with Gasteiger partial charge < -0.3 is 15.4 Å². The van der Waals surface area contributed by atoms with Crippen molar-refractivity contribution in [2.24, 2.45) is 0 Å². The number of nitrogens with zero attached hydrogens (tertiary/aromatic N) is 1. The van der Waals surface area contributed by atoms with E-state index in [4.69, 9.17) is 0 Å². The van der Waals surface area contributed by atoms with E-state index in [2.05, 4.69) is 15.3 Å². The van der Waals surface area contributed by atoms with Gasteiger partial charge in [-0.05, 0) is 24.6 Å². The van der Waals surface area contributed by atoms with Gasteiger partial charge in [0.1, 0.15) is 11.5 Å². The van der Waals surface area contributed by atoms with Crippen LogP contribution in [0.3, 0.4) is 0 Å². The number of carbonyl (C=O) groups is 1. The average molecular weight is 341 g/mol. The van der Waals surface area contributed by atoms with E-state index in [9.17, 15) is 27.9 Å². The van der Waals surface area contributed by atoms with E-state index < -0.39 is 35.9 Å². The number of amides is 1. The largest absolute Gasteiger partial charge is 0.416 e. The molecular weight excluding hydrogens is 327 g/mol. The molecule has 0 fully saturated rings. The van der Waals surface area contributed by atoms with Crippen molar-refractivity contribution >= 4 is 5.91 Å². The highest BCUT2D eigenvalue weighted by atomic mass is 19.4. The second-order valence-electron chi connectivity index (χ2n) is 5.04. The van der Waals surface area contributed by atoms with E-state index in [0.29, 0.717) is 5.56 Å². The van der Waals surface area contributed by atoms with Crippen LogP contribution in [0.2, 0.25) is 0 Å². The van der Waals surface area contributed by atoms with Crippen molar-refractivity contribution in [3.05, 3.63) is 63.3 Å². The minimum atomic E-state index is -4.47. The maximum Gasteiger partial charge on any atom is 0.416 e. The predicted octanol–water partition coefficient (Wildman–Crippen LogP) is 1.56. The lowest BCUT2D eigenvalue weighted by molar-refractivity contribution is -0.137. The minimum Gasteiger partial charge on any atom is -0.394 e. The van der Waals surface area contributed by atoms with Gasteiger partial charge in [0.05, 0.1) is 18.2 Å². The molecule has 0 saturated heterocycles. The van der Waals surface area contributed by atoms with Gasteiger partial charge in [0.2, 0.25) is 0 Å². The van der Waals surface area contributed by atoms with Gasteiger partial charge in [-0.3, -0.25) is 9.59 Å². The van der Waals surface area contributed by atoms with Crippen LogP contribution < -0.4 is 10.9 Å². The number of hydrogen-bond acceptors (Lipinski definition) is 4. The normalized spacial score (nSPS) is 12.7. The molecule has 1 heterocycles. The first-order valence-corrected chi connectivity index (χ1v) is 6.87. The van der Waals surface area contributed by atoms with Crippen LogP contribution in [0.5, 0.6) is 0 Å². The fourth-order valence-corrected chi connectivity index (χ4v) is 2.07. The summed E-state index contributed by atoms with van der Waals surface area (Å²) in [5, 5.41) is 11.8. The number of aryl methyl sites for hydroxylation is 1. The smallest absolute Gasteiger partial charge is 0.394 e. The number of carbonyl (C=O) groups excluding carboxylic acids is 1. The Kier molecular flexibility index (Phi) is 5.03. The Labute approximate surface area is 134 Å². The van der Waals surface area contributed by atoms with Gasteiger partial charge in [-0.1, -0.05) is 12.1 Å². The van der Waals surface area contributed by atoms with E-state index in [1.54, 1.807) is 0 Å². The number of aromatic nitrogens is 2. The summed E-state index contributed by atoms with van der Waals surface area (Å²) in [6, 6.07) is 4.12. The van der Waals surface area contributed by atoms with Crippen LogP contribution >= 0.6 is 0 Å². The Morgan fingerprint density at radius 2 is 1.96 bits per heavy atom. The molecule has 0 radical (unpaired) electrons. The van der Waals surface area contributed by atoms with E-state index in [1.165, 1.54) is 19.1 Å². The second-order valence-corrected chi connectivity index (χ2v) is 5.04. The second kappa shape index (κ2) is 6.83. The molecular formula is C15H14F3N3O3. The fourth-order valence-electron chi connectivity index (χ4n) is 2.07. The molecule has 1 amide bonds. The molecule has 2 aromatic rings. The zero-order chi connectivity index (χ0) is 17.9. The molecule has 1 aromatic heterocycles. The number of hydrogen-bond donors (Lipinski definition) is 3. The average Bonchev–Trinajstić information content (AvgIpc) is 2.50. The van der Waals surface area contributed by atoms with Gasteiger partial charge in [0, 0.05) is 6.07 Å². The van der Waals surface area contributed by atoms with Crippen LogP contribution in [-0.2, 0) is 6.18 Å². The van der Waals surface area contributed by atoms with E-state index in [0.717, 1.165) is 18.2 Å². The third kappa shape index (κ3) is 4.19. The Hall–Kier alpha value is -2.68. The number of nitrogens with one attached hydrogen (secondary N) is 2. The third-order valence-electron chi connectivity index (χ3n) is 3.22. The van der Waals surface area contributed by atoms with Gasteiger partial charge in [-0.25, -0.2) is 4.98 Å². The lowest BCUT2D eigenvalue weighted by Gasteiger charge is -2.17. The molecule has 0 aliphatic carbocycles. The molecule has 0 saturated carbocycles. The Bertz CT molecular complexity index is 785. The van der Waals surface area contributed by atoms with Crippen molar-refractivity contribution in [2.45, 2.75) is 19.1 Å². The molecule has 0 spiro atoms. The predicted molar refractivity (Wildman–Crippen MR) is 78.3 cm³/mol. The molecule has 6 nitrogen and oxygen atoms in total. The lowest BCUT2D eigenvalue weighted by atomic mass is 10.0. The minimum absolute atomic E-state index is 0.151. The Morgan fingerprint density at radius 3 is 2.46 bits per heavy atom. The first-order valence-electron chi connectivity index (χ1n) is 6.87. The van der Waals surface area contributed by atoms with E-state index in [-0.39, 0.29) is 11.5 Å². The number of rotatable bonds is 4. The van der Waals surface area contributed by atoms with Crippen molar-refractivity contribution in [2.75, 3.05) is 6.61 Å². The van der Waals surface area contributed by atoms with Crippen LogP contribution in [0.25, 0.3) is 0 Å². The van der Waals surface area contributed by atoms with Crippen molar-refractivity contribution in [3.8, 4) is 0 Å². The highest BCUT2D eigenvalue weighted by Crippen LogP contribution is 2.29.